The number of anilines is 1. The molecule has 5 heteroatoms. The Morgan fingerprint density at radius 2 is 2.35 bits per heavy atom. The number of aliphatic hydroxyl groups is 1. The lowest BCUT2D eigenvalue weighted by Crippen LogP contribution is -2.46. The van der Waals surface area contributed by atoms with Gasteiger partial charge in [-0.3, -0.25) is 4.79 Å². The topological polar surface area (TPSA) is 52.6 Å². The number of aliphatic hydroxyl groups excluding tert-OH is 1. The molecule has 1 aromatic carbocycles. The van der Waals surface area contributed by atoms with E-state index in [0.29, 0.717) is 18.7 Å². The summed E-state index contributed by atoms with van der Waals surface area (Å²) in [7, 11) is 1.57. The second-order valence-electron chi connectivity index (χ2n) is 4.16. The highest BCUT2D eigenvalue weighted by Crippen LogP contribution is 2.17. The van der Waals surface area contributed by atoms with E-state index in [2.05, 4.69) is 5.32 Å². The smallest absolute Gasteiger partial charge is 0.246 e. The number of carbonyl (C=O) groups is 1. The highest BCUT2D eigenvalue weighted by atomic mass is 19.1. The zero-order valence-corrected chi connectivity index (χ0v) is 9.56. The molecule has 1 saturated heterocycles. The summed E-state index contributed by atoms with van der Waals surface area (Å²) in [5.41, 5.74) is 0.482. The maximum Gasteiger partial charge on any atom is 0.246 e. The van der Waals surface area contributed by atoms with Gasteiger partial charge in [-0.15, -0.1) is 0 Å². The van der Waals surface area contributed by atoms with Crippen molar-refractivity contribution in [1.29, 1.82) is 0 Å². The van der Waals surface area contributed by atoms with Crippen molar-refractivity contribution in [2.75, 3.05) is 18.5 Å². The molecule has 0 saturated carbocycles. The molecular weight excluding hydrogens is 223 g/mol. The Labute approximate surface area is 99.0 Å². The van der Waals surface area contributed by atoms with Gasteiger partial charge in [0.15, 0.2) is 0 Å². The zero-order chi connectivity index (χ0) is 12.4. The van der Waals surface area contributed by atoms with Crippen LogP contribution in [0.2, 0.25) is 0 Å². The lowest BCUT2D eigenvalue weighted by molar-refractivity contribution is -0.121. The van der Waals surface area contributed by atoms with Gasteiger partial charge in [-0.05, 0) is 31.2 Å². The number of hydrogen-bond donors (Lipinski definition) is 2. The monoisotopic (exact) mass is 238 g/mol. The Balaban J connectivity index is 2.14. The number of benzene rings is 1. The van der Waals surface area contributed by atoms with Crippen LogP contribution in [0.5, 0.6) is 0 Å². The van der Waals surface area contributed by atoms with Crippen LogP contribution in [0.15, 0.2) is 24.3 Å². The minimum Gasteiger partial charge on any atom is -0.391 e. The van der Waals surface area contributed by atoms with Crippen LogP contribution in [-0.2, 0) is 4.79 Å². The lowest BCUT2D eigenvalue weighted by atomic mass is 10.1. The number of rotatable bonds is 2. The third kappa shape index (κ3) is 2.45. The van der Waals surface area contributed by atoms with E-state index in [9.17, 15) is 14.3 Å². The molecular formula is C12H15FN2O2. The van der Waals surface area contributed by atoms with Gasteiger partial charge in [0, 0.05) is 12.7 Å². The summed E-state index contributed by atoms with van der Waals surface area (Å²) < 4.78 is 13.0. The number of likely N-dealkylation sites (N-methyl/N-ethyl adjacent to an activating group) is 1. The van der Waals surface area contributed by atoms with Gasteiger partial charge in [-0.1, -0.05) is 6.07 Å². The molecule has 1 heterocycles. The first-order valence-corrected chi connectivity index (χ1v) is 5.54. The van der Waals surface area contributed by atoms with E-state index in [4.69, 9.17) is 0 Å². The first kappa shape index (κ1) is 12.0. The standard InChI is InChI=1S/C12H15FN2O2/c1-15(9-4-2-3-8(13)7-9)12(17)11-10(16)5-6-14-11/h2-4,7,10-11,14,16H,5-6H2,1H3/t10-,11-/m0/s1. The Morgan fingerprint density at radius 1 is 1.59 bits per heavy atom. The summed E-state index contributed by atoms with van der Waals surface area (Å²) in [6.45, 7) is 0.620. The molecule has 1 aliphatic rings. The normalized spacial score (nSPS) is 23.7. The number of hydrogen-bond acceptors (Lipinski definition) is 3. The molecule has 1 amide bonds. The molecule has 0 radical (unpaired) electrons. The third-order valence-electron chi connectivity index (χ3n) is 2.98. The van der Waals surface area contributed by atoms with E-state index >= 15 is 0 Å². The van der Waals surface area contributed by atoms with Crippen molar-refractivity contribution in [3.05, 3.63) is 30.1 Å². The summed E-state index contributed by atoms with van der Waals surface area (Å²) >= 11 is 0. The molecule has 1 aromatic rings. The van der Waals surface area contributed by atoms with Gasteiger partial charge in [0.2, 0.25) is 5.91 Å². The van der Waals surface area contributed by atoms with Crippen LogP contribution >= 0.6 is 0 Å². The first-order valence-electron chi connectivity index (χ1n) is 5.54. The fourth-order valence-corrected chi connectivity index (χ4v) is 1.96. The zero-order valence-electron chi connectivity index (χ0n) is 9.56. The van der Waals surface area contributed by atoms with Gasteiger partial charge in [0.25, 0.3) is 0 Å². The van der Waals surface area contributed by atoms with E-state index < -0.39 is 12.1 Å². The van der Waals surface area contributed by atoms with Crippen molar-refractivity contribution < 1.29 is 14.3 Å². The third-order valence-corrected chi connectivity index (χ3v) is 2.98. The summed E-state index contributed by atoms with van der Waals surface area (Å²) in [6.07, 6.45) is -0.105. The van der Waals surface area contributed by atoms with E-state index in [1.165, 1.54) is 17.0 Å². The van der Waals surface area contributed by atoms with Crippen molar-refractivity contribution in [3.8, 4) is 0 Å². The Hall–Kier alpha value is -1.46. The number of amides is 1. The molecule has 0 unspecified atom stereocenters. The highest BCUT2D eigenvalue weighted by molar-refractivity contribution is 5.97. The molecule has 2 atom stereocenters. The minimum absolute atomic E-state index is 0.249. The SMILES string of the molecule is CN(C(=O)[C@H]1NCC[C@@H]1O)c1cccc(F)c1. The quantitative estimate of drug-likeness (QED) is 0.789. The molecule has 2 rings (SSSR count). The van der Waals surface area contributed by atoms with E-state index in [0.717, 1.165) is 0 Å². The van der Waals surface area contributed by atoms with Crippen LogP contribution in [0.4, 0.5) is 10.1 Å². The van der Waals surface area contributed by atoms with Gasteiger partial charge in [-0.2, -0.15) is 0 Å². The van der Waals surface area contributed by atoms with Crippen molar-refractivity contribution in [1.82, 2.24) is 5.32 Å². The molecule has 2 N–H and O–H groups in total. The Morgan fingerprint density at radius 3 is 2.94 bits per heavy atom. The molecule has 4 nitrogen and oxygen atoms in total. The summed E-state index contributed by atoms with van der Waals surface area (Å²) in [4.78, 5) is 13.4. The van der Waals surface area contributed by atoms with E-state index in [1.54, 1.807) is 19.2 Å². The van der Waals surface area contributed by atoms with Crippen LogP contribution in [0.1, 0.15) is 6.42 Å². The summed E-state index contributed by atoms with van der Waals surface area (Å²) in [5.74, 6) is -0.636. The van der Waals surface area contributed by atoms with E-state index in [1.807, 2.05) is 0 Å². The largest absolute Gasteiger partial charge is 0.391 e. The number of halogens is 1. The van der Waals surface area contributed by atoms with Crippen LogP contribution in [0, 0.1) is 5.82 Å². The van der Waals surface area contributed by atoms with Crippen LogP contribution < -0.4 is 10.2 Å². The van der Waals surface area contributed by atoms with Gasteiger partial charge in [0.1, 0.15) is 11.9 Å². The molecule has 0 bridgehead atoms. The van der Waals surface area contributed by atoms with Crippen molar-refractivity contribution in [2.24, 2.45) is 0 Å². The second-order valence-corrected chi connectivity index (χ2v) is 4.16. The molecule has 92 valence electrons. The number of nitrogens with one attached hydrogen (secondary N) is 1. The summed E-state index contributed by atoms with van der Waals surface area (Å²) in [6, 6.07) is 5.22. The van der Waals surface area contributed by atoms with Crippen LogP contribution in [0.3, 0.4) is 0 Å². The number of nitrogens with zero attached hydrogens (tertiary/aromatic N) is 1. The van der Waals surface area contributed by atoms with Crippen LogP contribution in [-0.4, -0.2) is 36.8 Å². The van der Waals surface area contributed by atoms with Crippen molar-refractivity contribution in [2.45, 2.75) is 18.6 Å². The molecule has 1 aliphatic heterocycles. The average molecular weight is 238 g/mol. The molecule has 1 fully saturated rings. The molecule has 0 aromatic heterocycles. The van der Waals surface area contributed by atoms with Crippen molar-refractivity contribution in [3.63, 3.8) is 0 Å². The van der Waals surface area contributed by atoms with Gasteiger partial charge in [0.05, 0.1) is 6.10 Å². The molecule has 0 spiro atoms. The first-order chi connectivity index (χ1) is 8.09. The maximum absolute atomic E-state index is 13.0. The fraction of sp³-hybridized carbons (Fsp3) is 0.417. The average Bonchev–Trinajstić information content (AvgIpc) is 2.73. The highest BCUT2D eigenvalue weighted by Gasteiger charge is 2.33. The van der Waals surface area contributed by atoms with Gasteiger partial charge >= 0.3 is 0 Å². The second kappa shape index (κ2) is 4.81. The van der Waals surface area contributed by atoms with Crippen molar-refractivity contribution >= 4 is 11.6 Å². The van der Waals surface area contributed by atoms with Gasteiger partial charge in [-0.25, -0.2) is 4.39 Å². The molecule has 0 aliphatic carbocycles. The van der Waals surface area contributed by atoms with Gasteiger partial charge < -0.3 is 15.3 Å². The lowest BCUT2D eigenvalue weighted by Gasteiger charge is -2.23. The Kier molecular flexibility index (Phi) is 3.40. The maximum atomic E-state index is 13.0. The predicted molar refractivity (Wildman–Crippen MR) is 62.2 cm³/mol. The fourth-order valence-electron chi connectivity index (χ4n) is 1.96. The minimum atomic E-state index is -0.668. The molecule has 17 heavy (non-hydrogen) atoms. The summed E-state index contributed by atoms with van der Waals surface area (Å²) in [5, 5.41) is 12.6. The van der Waals surface area contributed by atoms with Crippen LogP contribution in [0.25, 0.3) is 0 Å². The van der Waals surface area contributed by atoms with E-state index in [-0.39, 0.29) is 11.7 Å². The number of carbonyl (C=O) groups excluding carboxylic acids is 1. The Bertz CT molecular complexity index is 425. The predicted octanol–water partition coefficient (Wildman–Crippen LogP) is 0.511.